The molecule has 0 saturated carbocycles. The number of hydrogen-bond donors (Lipinski definition) is 1. The highest BCUT2D eigenvalue weighted by molar-refractivity contribution is 7.89. The van der Waals surface area contributed by atoms with Crippen LogP contribution in [0.15, 0.2) is 11.1 Å². The van der Waals surface area contributed by atoms with E-state index in [1.54, 1.807) is 4.68 Å². The number of hydrogen-bond acceptors (Lipinski definition) is 4. The Balaban J connectivity index is 3.07. The number of nitrogen functional groups attached to an aromatic ring is 1. The third-order valence-corrected chi connectivity index (χ3v) is 5.35. The zero-order chi connectivity index (χ0) is 15.3. The van der Waals surface area contributed by atoms with Crippen molar-refractivity contribution in [1.82, 2.24) is 14.1 Å². The van der Waals surface area contributed by atoms with Gasteiger partial charge < -0.3 is 5.73 Å². The average molecular weight is 302 g/mol. The van der Waals surface area contributed by atoms with Crippen molar-refractivity contribution in [2.45, 2.75) is 52.0 Å². The molecule has 1 heterocycles. The van der Waals surface area contributed by atoms with Crippen molar-refractivity contribution in [2.24, 2.45) is 5.92 Å². The molecule has 1 aromatic heterocycles. The second-order valence-corrected chi connectivity index (χ2v) is 7.02. The van der Waals surface area contributed by atoms with Gasteiger partial charge in [-0.15, -0.1) is 0 Å². The summed E-state index contributed by atoms with van der Waals surface area (Å²) in [7, 11) is -3.56. The first-order valence-electron chi connectivity index (χ1n) is 7.19. The second kappa shape index (κ2) is 7.08. The van der Waals surface area contributed by atoms with Crippen LogP contribution in [-0.2, 0) is 16.6 Å². The number of aromatic nitrogens is 2. The molecule has 0 spiro atoms. The Kier molecular flexibility index (Phi) is 6.01. The maximum absolute atomic E-state index is 12.6. The van der Waals surface area contributed by atoms with Crippen molar-refractivity contribution >= 4 is 15.8 Å². The summed E-state index contributed by atoms with van der Waals surface area (Å²) < 4.78 is 28.4. The first kappa shape index (κ1) is 17.0. The molecule has 0 aromatic carbocycles. The fourth-order valence-corrected chi connectivity index (χ4v) is 3.60. The van der Waals surface area contributed by atoms with Crippen LogP contribution in [0, 0.1) is 5.92 Å². The van der Waals surface area contributed by atoms with Gasteiger partial charge in [-0.05, 0) is 12.3 Å². The molecule has 0 saturated heterocycles. The molecule has 7 heteroatoms. The van der Waals surface area contributed by atoms with Crippen LogP contribution < -0.4 is 5.73 Å². The van der Waals surface area contributed by atoms with Crippen LogP contribution in [0.5, 0.6) is 0 Å². The molecular formula is C13H26N4O2S. The lowest BCUT2D eigenvalue weighted by molar-refractivity contribution is 0.361. The first-order chi connectivity index (χ1) is 9.36. The van der Waals surface area contributed by atoms with Crippen LogP contribution in [0.4, 0.5) is 5.82 Å². The topological polar surface area (TPSA) is 81.2 Å². The number of aryl methyl sites for hydroxylation is 1. The van der Waals surface area contributed by atoms with Gasteiger partial charge in [-0.25, -0.2) is 8.42 Å². The molecule has 0 aliphatic heterocycles. The highest BCUT2D eigenvalue weighted by atomic mass is 32.2. The summed E-state index contributed by atoms with van der Waals surface area (Å²) in [5.41, 5.74) is 5.78. The smallest absolute Gasteiger partial charge is 0.248 e. The quantitative estimate of drug-likeness (QED) is 0.795. The molecule has 6 nitrogen and oxygen atoms in total. The minimum Gasteiger partial charge on any atom is -0.381 e. The number of rotatable bonds is 8. The van der Waals surface area contributed by atoms with Gasteiger partial charge in [-0.1, -0.05) is 34.1 Å². The maximum Gasteiger partial charge on any atom is 0.248 e. The average Bonchev–Trinajstić information content (AvgIpc) is 2.77. The van der Waals surface area contributed by atoms with Gasteiger partial charge in [0, 0.05) is 25.8 Å². The van der Waals surface area contributed by atoms with E-state index in [2.05, 4.69) is 12.0 Å². The van der Waals surface area contributed by atoms with Crippen molar-refractivity contribution in [2.75, 3.05) is 18.8 Å². The van der Waals surface area contributed by atoms with Crippen LogP contribution in [0.25, 0.3) is 0 Å². The monoisotopic (exact) mass is 302 g/mol. The normalized spacial score (nSPS) is 13.8. The number of anilines is 1. The van der Waals surface area contributed by atoms with Crippen LogP contribution in [-0.4, -0.2) is 35.6 Å². The lowest BCUT2D eigenvalue weighted by Crippen LogP contribution is -2.34. The number of sulfonamides is 1. The third kappa shape index (κ3) is 3.73. The van der Waals surface area contributed by atoms with Crippen molar-refractivity contribution in [1.29, 1.82) is 0 Å². The van der Waals surface area contributed by atoms with E-state index in [-0.39, 0.29) is 10.7 Å². The SMILES string of the molecule is CCCn1cc(S(=O)(=O)N(CC)CC(C)CC)c(N)n1. The van der Waals surface area contributed by atoms with Crippen molar-refractivity contribution in [3.8, 4) is 0 Å². The lowest BCUT2D eigenvalue weighted by Gasteiger charge is -2.22. The molecule has 1 atom stereocenters. The highest BCUT2D eigenvalue weighted by Crippen LogP contribution is 2.22. The van der Waals surface area contributed by atoms with Crippen LogP contribution in [0.2, 0.25) is 0 Å². The number of nitrogens with two attached hydrogens (primary N) is 1. The van der Waals surface area contributed by atoms with Crippen molar-refractivity contribution in [3.63, 3.8) is 0 Å². The Morgan fingerprint density at radius 1 is 1.40 bits per heavy atom. The maximum atomic E-state index is 12.6. The minimum atomic E-state index is -3.56. The van der Waals surface area contributed by atoms with Gasteiger partial charge in [-0.2, -0.15) is 9.40 Å². The Morgan fingerprint density at radius 3 is 2.55 bits per heavy atom. The van der Waals surface area contributed by atoms with Crippen LogP contribution in [0.3, 0.4) is 0 Å². The van der Waals surface area contributed by atoms with E-state index in [0.29, 0.717) is 25.6 Å². The van der Waals surface area contributed by atoms with E-state index in [1.807, 2.05) is 20.8 Å². The summed E-state index contributed by atoms with van der Waals surface area (Å²) in [4.78, 5) is 0.121. The summed E-state index contributed by atoms with van der Waals surface area (Å²) in [6, 6.07) is 0. The van der Waals surface area contributed by atoms with E-state index in [1.165, 1.54) is 10.5 Å². The Morgan fingerprint density at radius 2 is 2.05 bits per heavy atom. The summed E-state index contributed by atoms with van der Waals surface area (Å²) in [6.07, 6.45) is 3.36. The van der Waals surface area contributed by atoms with Crippen LogP contribution in [0.1, 0.15) is 40.5 Å². The molecule has 0 radical (unpaired) electrons. The molecule has 20 heavy (non-hydrogen) atoms. The summed E-state index contributed by atoms with van der Waals surface area (Å²) >= 11 is 0. The second-order valence-electron chi connectivity index (χ2n) is 5.11. The fraction of sp³-hybridized carbons (Fsp3) is 0.769. The molecular weight excluding hydrogens is 276 g/mol. The molecule has 116 valence electrons. The molecule has 0 aliphatic carbocycles. The van der Waals surface area contributed by atoms with Gasteiger partial charge in [0.25, 0.3) is 0 Å². The zero-order valence-electron chi connectivity index (χ0n) is 12.8. The Labute approximate surface area is 122 Å². The minimum absolute atomic E-state index is 0.0843. The lowest BCUT2D eigenvalue weighted by atomic mass is 10.1. The molecule has 0 aliphatic rings. The molecule has 0 amide bonds. The summed E-state index contributed by atoms with van der Waals surface area (Å²) in [6.45, 7) is 9.55. The van der Waals surface area contributed by atoms with E-state index in [4.69, 9.17) is 5.73 Å². The molecule has 1 unspecified atom stereocenters. The highest BCUT2D eigenvalue weighted by Gasteiger charge is 2.28. The van der Waals surface area contributed by atoms with Gasteiger partial charge in [0.2, 0.25) is 10.0 Å². The predicted octanol–water partition coefficient (Wildman–Crippen LogP) is 1.93. The van der Waals surface area contributed by atoms with Gasteiger partial charge >= 0.3 is 0 Å². The Bertz CT molecular complexity index is 524. The third-order valence-electron chi connectivity index (χ3n) is 3.39. The van der Waals surface area contributed by atoms with Crippen molar-refractivity contribution in [3.05, 3.63) is 6.20 Å². The predicted molar refractivity (Wildman–Crippen MR) is 80.8 cm³/mol. The van der Waals surface area contributed by atoms with E-state index < -0.39 is 10.0 Å². The van der Waals surface area contributed by atoms with Gasteiger partial charge in [0.05, 0.1) is 0 Å². The van der Waals surface area contributed by atoms with Crippen molar-refractivity contribution < 1.29 is 8.42 Å². The fourth-order valence-electron chi connectivity index (χ4n) is 1.97. The van der Waals surface area contributed by atoms with Crippen LogP contribution >= 0.6 is 0 Å². The molecule has 2 N–H and O–H groups in total. The molecule has 1 aromatic rings. The van der Waals surface area contributed by atoms with E-state index in [9.17, 15) is 8.42 Å². The summed E-state index contributed by atoms with van der Waals surface area (Å²) in [5.74, 6) is 0.401. The van der Waals surface area contributed by atoms with Gasteiger partial charge in [0.1, 0.15) is 4.90 Å². The molecule has 1 rings (SSSR count). The van der Waals surface area contributed by atoms with Gasteiger partial charge in [0.15, 0.2) is 5.82 Å². The van der Waals surface area contributed by atoms with Gasteiger partial charge in [-0.3, -0.25) is 4.68 Å². The Hall–Kier alpha value is -1.08. The molecule has 0 bridgehead atoms. The first-order valence-corrected chi connectivity index (χ1v) is 8.63. The molecule has 0 fully saturated rings. The van der Waals surface area contributed by atoms with E-state index >= 15 is 0 Å². The zero-order valence-corrected chi connectivity index (χ0v) is 13.7. The standard InChI is InChI=1S/C13H26N4O2S/c1-5-8-16-10-12(13(14)15-16)20(18,19)17(7-3)9-11(4)6-2/h10-11H,5-9H2,1-4H3,(H2,14,15). The largest absolute Gasteiger partial charge is 0.381 e. The van der Waals surface area contributed by atoms with E-state index in [0.717, 1.165) is 12.8 Å². The summed E-state index contributed by atoms with van der Waals surface area (Å²) in [5, 5.41) is 4.07. The number of nitrogens with zero attached hydrogens (tertiary/aromatic N) is 3.